The summed E-state index contributed by atoms with van der Waals surface area (Å²) in [4.78, 5) is 0.311. The Morgan fingerprint density at radius 3 is 2.27 bits per heavy atom. The van der Waals surface area contributed by atoms with E-state index in [1.807, 2.05) is 6.92 Å². The maximum Gasteiger partial charge on any atom is 0.199 e. The van der Waals surface area contributed by atoms with E-state index in [0.29, 0.717) is 10.5 Å². The maximum atomic E-state index is 11.7. The molecule has 0 aliphatic heterocycles. The van der Waals surface area contributed by atoms with Crippen LogP contribution in [0.5, 0.6) is 0 Å². The molecule has 0 N–H and O–H groups in total. The van der Waals surface area contributed by atoms with Crippen LogP contribution in [0.1, 0.15) is 12.5 Å². The fraction of sp³-hybridized carbons (Fsp3) is 0.167. The minimum atomic E-state index is -3.31. The lowest BCUT2D eigenvalue weighted by atomic mass is 10.2. The molecule has 0 aliphatic rings. The molecule has 0 aliphatic carbocycles. The predicted octanol–water partition coefficient (Wildman–Crippen LogP) is 2.86. The van der Waals surface area contributed by atoms with Crippen molar-refractivity contribution in [2.75, 3.05) is 0 Å². The Bertz CT molecular complexity index is 479. The largest absolute Gasteiger partial charge is 0.219 e. The van der Waals surface area contributed by atoms with Crippen LogP contribution >= 0.6 is 0 Å². The molecule has 0 saturated heterocycles. The highest BCUT2D eigenvalue weighted by Gasteiger charge is 2.08. The van der Waals surface area contributed by atoms with Crippen molar-refractivity contribution in [2.45, 2.75) is 18.7 Å². The van der Waals surface area contributed by atoms with E-state index in [1.54, 1.807) is 31.2 Å². The standard InChI is InChI=1S/C12H14O2S/c1-10(2)8-9-15(13,14)12-6-4-11(3)5-7-12/h4-9H,1H2,2-3H3/b9-8+. The molecule has 0 unspecified atom stereocenters. The van der Waals surface area contributed by atoms with Crippen LogP contribution < -0.4 is 0 Å². The van der Waals surface area contributed by atoms with E-state index < -0.39 is 9.84 Å². The smallest absolute Gasteiger partial charge is 0.199 e. The monoisotopic (exact) mass is 222 g/mol. The third-order valence-electron chi connectivity index (χ3n) is 1.88. The van der Waals surface area contributed by atoms with E-state index in [9.17, 15) is 8.42 Å². The third-order valence-corrected chi connectivity index (χ3v) is 3.30. The van der Waals surface area contributed by atoms with Gasteiger partial charge in [0.15, 0.2) is 9.84 Å². The molecule has 0 fully saturated rings. The molecule has 0 bridgehead atoms. The number of hydrogen-bond donors (Lipinski definition) is 0. The highest BCUT2D eigenvalue weighted by Crippen LogP contribution is 2.13. The first-order valence-electron chi connectivity index (χ1n) is 4.57. The molecule has 3 heteroatoms. The Morgan fingerprint density at radius 2 is 1.80 bits per heavy atom. The van der Waals surface area contributed by atoms with Crippen LogP contribution in [-0.2, 0) is 9.84 Å². The van der Waals surface area contributed by atoms with Crippen LogP contribution in [0.4, 0.5) is 0 Å². The second kappa shape index (κ2) is 4.45. The van der Waals surface area contributed by atoms with Crippen molar-refractivity contribution < 1.29 is 8.42 Å². The molecule has 1 aromatic carbocycles. The van der Waals surface area contributed by atoms with Gasteiger partial charge in [0.1, 0.15) is 0 Å². The Labute approximate surface area is 90.9 Å². The van der Waals surface area contributed by atoms with Crippen LogP contribution in [0.15, 0.2) is 52.8 Å². The van der Waals surface area contributed by atoms with Crippen molar-refractivity contribution in [3.63, 3.8) is 0 Å². The first-order valence-corrected chi connectivity index (χ1v) is 6.12. The third kappa shape index (κ3) is 3.36. The fourth-order valence-corrected chi connectivity index (χ4v) is 2.10. The fourth-order valence-electron chi connectivity index (χ4n) is 1.01. The molecular formula is C12H14O2S. The summed E-state index contributed by atoms with van der Waals surface area (Å²) in [5, 5.41) is 1.18. The molecule has 2 nitrogen and oxygen atoms in total. The minimum absolute atomic E-state index is 0.311. The number of aryl methyl sites for hydroxylation is 1. The second-order valence-corrected chi connectivity index (χ2v) is 5.34. The first-order chi connectivity index (χ1) is 6.92. The summed E-state index contributed by atoms with van der Waals surface area (Å²) in [5.41, 5.74) is 1.75. The van der Waals surface area contributed by atoms with Gasteiger partial charge >= 0.3 is 0 Å². The van der Waals surface area contributed by atoms with Crippen LogP contribution in [0.25, 0.3) is 0 Å². The molecular weight excluding hydrogens is 208 g/mol. The summed E-state index contributed by atoms with van der Waals surface area (Å²) < 4.78 is 23.4. The summed E-state index contributed by atoms with van der Waals surface area (Å²) >= 11 is 0. The Hall–Kier alpha value is -1.35. The molecule has 0 heterocycles. The summed E-state index contributed by atoms with van der Waals surface area (Å²) in [6.07, 6.45) is 1.50. The number of allylic oxidation sites excluding steroid dienone is 2. The van der Waals surface area contributed by atoms with Gasteiger partial charge in [-0.05, 0) is 32.1 Å². The van der Waals surface area contributed by atoms with Gasteiger partial charge < -0.3 is 0 Å². The molecule has 0 atom stereocenters. The molecule has 0 spiro atoms. The lowest BCUT2D eigenvalue weighted by Gasteiger charge is -1.99. The maximum absolute atomic E-state index is 11.7. The number of hydrogen-bond acceptors (Lipinski definition) is 2. The minimum Gasteiger partial charge on any atom is -0.219 e. The molecule has 0 radical (unpaired) electrons. The van der Waals surface area contributed by atoms with Crippen molar-refractivity contribution in [1.82, 2.24) is 0 Å². The number of sulfone groups is 1. The lowest BCUT2D eigenvalue weighted by molar-refractivity contribution is 0.604. The van der Waals surface area contributed by atoms with E-state index in [0.717, 1.165) is 5.56 Å². The predicted molar refractivity (Wildman–Crippen MR) is 62.3 cm³/mol. The van der Waals surface area contributed by atoms with Gasteiger partial charge in [0.25, 0.3) is 0 Å². The summed E-state index contributed by atoms with van der Waals surface area (Å²) in [6, 6.07) is 6.77. The van der Waals surface area contributed by atoms with Gasteiger partial charge in [-0.25, -0.2) is 8.42 Å². The normalized spacial score (nSPS) is 11.9. The van der Waals surface area contributed by atoms with Crippen LogP contribution in [0.3, 0.4) is 0 Å². The van der Waals surface area contributed by atoms with E-state index in [-0.39, 0.29) is 0 Å². The van der Waals surface area contributed by atoms with E-state index in [1.165, 1.54) is 11.5 Å². The molecule has 0 amide bonds. The molecule has 0 aromatic heterocycles. The highest BCUT2D eigenvalue weighted by atomic mass is 32.2. The van der Waals surface area contributed by atoms with Crippen LogP contribution in [0.2, 0.25) is 0 Å². The van der Waals surface area contributed by atoms with Gasteiger partial charge in [0.2, 0.25) is 0 Å². The second-order valence-electron chi connectivity index (χ2n) is 3.51. The SMILES string of the molecule is C=C(C)/C=C/S(=O)(=O)c1ccc(C)cc1. The van der Waals surface area contributed by atoms with E-state index in [4.69, 9.17) is 0 Å². The molecule has 80 valence electrons. The van der Waals surface area contributed by atoms with Crippen molar-refractivity contribution in [3.05, 3.63) is 53.5 Å². The summed E-state index contributed by atoms with van der Waals surface area (Å²) in [7, 11) is -3.31. The van der Waals surface area contributed by atoms with Crippen molar-refractivity contribution >= 4 is 9.84 Å². The quantitative estimate of drug-likeness (QED) is 0.737. The zero-order chi connectivity index (χ0) is 11.5. The topological polar surface area (TPSA) is 34.1 Å². The zero-order valence-electron chi connectivity index (χ0n) is 8.90. The highest BCUT2D eigenvalue weighted by molar-refractivity contribution is 7.94. The Morgan fingerprint density at radius 1 is 1.27 bits per heavy atom. The van der Waals surface area contributed by atoms with Gasteiger partial charge in [0, 0.05) is 5.41 Å². The average Bonchev–Trinajstić information content (AvgIpc) is 2.16. The van der Waals surface area contributed by atoms with Gasteiger partial charge in [0.05, 0.1) is 4.90 Å². The van der Waals surface area contributed by atoms with E-state index >= 15 is 0 Å². The van der Waals surface area contributed by atoms with Gasteiger partial charge in [-0.3, -0.25) is 0 Å². The van der Waals surface area contributed by atoms with Gasteiger partial charge in [-0.15, -0.1) is 0 Å². The van der Waals surface area contributed by atoms with Gasteiger partial charge in [-0.1, -0.05) is 29.8 Å². The van der Waals surface area contributed by atoms with Crippen LogP contribution in [0, 0.1) is 6.92 Å². The van der Waals surface area contributed by atoms with Crippen molar-refractivity contribution in [3.8, 4) is 0 Å². The Balaban J connectivity index is 3.07. The average molecular weight is 222 g/mol. The molecule has 0 saturated carbocycles. The number of benzene rings is 1. The van der Waals surface area contributed by atoms with Gasteiger partial charge in [-0.2, -0.15) is 0 Å². The van der Waals surface area contributed by atoms with Crippen LogP contribution in [-0.4, -0.2) is 8.42 Å². The van der Waals surface area contributed by atoms with E-state index in [2.05, 4.69) is 6.58 Å². The Kier molecular flexibility index (Phi) is 3.48. The molecule has 1 rings (SSSR count). The first kappa shape index (κ1) is 11.7. The van der Waals surface area contributed by atoms with Crippen molar-refractivity contribution in [2.24, 2.45) is 0 Å². The molecule has 1 aromatic rings. The van der Waals surface area contributed by atoms with Crippen molar-refractivity contribution in [1.29, 1.82) is 0 Å². The summed E-state index contributed by atoms with van der Waals surface area (Å²) in [5.74, 6) is 0. The zero-order valence-corrected chi connectivity index (χ0v) is 9.71. The summed E-state index contributed by atoms with van der Waals surface area (Å²) in [6.45, 7) is 7.28. The lowest BCUT2D eigenvalue weighted by Crippen LogP contribution is -1.95. The molecule has 15 heavy (non-hydrogen) atoms. The number of rotatable bonds is 3.